The maximum Gasteiger partial charge on any atom is 0.250 e. The van der Waals surface area contributed by atoms with Crippen LogP contribution in [0.3, 0.4) is 0 Å². The molecular weight excluding hydrogens is 226 g/mol. The van der Waals surface area contributed by atoms with E-state index in [4.69, 9.17) is 0 Å². The van der Waals surface area contributed by atoms with Crippen LogP contribution in [0.2, 0.25) is 0 Å². The largest absolute Gasteiger partial charge is 0.315 e. The minimum atomic E-state index is -3.17. The number of hydrogen-bond acceptors (Lipinski definition) is 3. The molecule has 0 atom stereocenters. The molecule has 1 heterocycles. The standard InChI is InChI=1S/C11H17NO3S/c1-11(2,3)16(14,15)9-8-12-7-5-4-6-10(12)13/h4-7H,8-9H2,1-3H3. The van der Waals surface area contributed by atoms with E-state index in [2.05, 4.69) is 0 Å². The second-order valence-electron chi connectivity index (χ2n) is 4.66. The van der Waals surface area contributed by atoms with Gasteiger partial charge in [-0.1, -0.05) is 6.07 Å². The molecule has 0 aliphatic rings. The van der Waals surface area contributed by atoms with E-state index in [9.17, 15) is 13.2 Å². The maximum absolute atomic E-state index is 11.8. The first kappa shape index (κ1) is 13.0. The Labute approximate surface area is 95.8 Å². The lowest BCUT2D eigenvalue weighted by Gasteiger charge is -2.19. The van der Waals surface area contributed by atoms with Crippen LogP contribution in [0.25, 0.3) is 0 Å². The molecule has 0 fully saturated rings. The van der Waals surface area contributed by atoms with Gasteiger partial charge >= 0.3 is 0 Å². The van der Waals surface area contributed by atoms with Crippen LogP contribution >= 0.6 is 0 Å². The van der Waals surface area contributed by atoms with E-state index in [1.807, 2.05) is 0 Å². The van der Waals surface area contributed by atoms with Gasteiger partial charge in [-0.15, -0.1) is 0 Å². The van der Waals surface area contributed by atoms with E-state index in [0.717, 1.165) is 0 Å². The van der Waals surface area contributed by atoms with Crippen LogP contribution < -0.4 is 5.56 Å². The molecule has 1 rings (SSSR count). The Bertz CT molecular complexity index is 509. The molecule has 1 aromatic rings. The molecule has 4 nitrogen and oxygen atoms in total. The first-order valence-electron chi connectivity index (χ1n) is 5.12. The number of hydrogen-bond donors (Lipinski definition) is 0. The monoisotopic (exact) mass is 243 g/mol. The Balaban J connectivity index is 2.81. The summed E-state index contributed by atoms with van der Waals surface area (Å²) < 4.78 is 24.3. The molecule has 16 heavy (non-hydrogen) atoms. The summed E-state index contributed by atoms with van der Waals surface area (Å²) in [6, 6.07) is 4.77. The van der Waals surface area contributed by atoms with E-state index >= 15 is 0 Å². The molecule has 0 unspecified atom stereocenters. The molecule has 1 aromatic heterocycles. The van der Waals surface area contributed by atoms with Gasteiger partial charge in [-0.3, -0.25) is 4.79 Å². The zero-order valence-corrected chi connectivity index (χ0v) is 10.6. The van der Waals surface area contributed by atoms with Gasteiger partial charge in [0.05, 0.1) is 10.5 Å². The van der Waals surface area contributed by atoms with Crippen molar-refractivity contribution in [1.82, 2.24) is 4.57 Å². The lowest BCUT2D eigenvalue weighted by molar-refractivity contribution is 0.552. The van der Waals surface area contributed by atoms with Crippen LogP contribution in [0.4, 0.5) is 0 Å². The molecule has 0 saturated heterocycles. The summed E-state index contributed by atoms with van der Waals surface area (Å²) in [5, 5.41) is 0. The fourth-order valence-corrected chi connectivity index (χ4v) is 2.22. The number of rotatable bonds is 3. The van der Waals surface area contributed by atoms with Crippen molar-refractivity contribution in [3.05, 3.63) is 34.7 Å². The molecule has 0 aliphatic heterocycles. The van der Waals surface area contributed by atoms with Crippen molar-refractivity contribution >= 4 is 9.84 Å². The molecule has 0 saturated carbocycles. The third-order valence-electron chi connectivity index (χ3n) is 2.43. The number of pyridine rings is 1. The van der Waals surface area contributed by atoms with Crippen LogP contribution in [-0.4, -0.2) is 23.5 Å². The molecule has 0 aliphatic carbocycles. The molecule has 5 heteroatoms. The first-order chi connectivity index (χ1) is 7.24. The van der Waals surface area contributed by atoms with Crippen LogP contribution in [0.5, 0.6) is 0 Å². The summed E-state index contributed by atoms with van der Waals surface area (Å²) >= 11 is 0. The zero-order valence-electron chi connectivity index (χ0n) is 9.80. The first-order valence-corrected chi connectivity index (χ1v) is 6.77. The van der Waals surface area contributed by atoms with Gasteiger partial charge in [0.15, 0.2) is 9.84 Å². The smallest absolute Gasteiger partial charge is 0.250 e. The highest BCUT2D eigenvalue weighted by Gasteiger charge is 2.28. The molecule has 0 bridgehead atoms. The minimum Gasteiger partial charge on any atom is -0.315 e. The predicted molar refractivity (Wildman–Crippen MR) is 64.2 cm³/mol. The maximum atomic E-state index is 11.8. The van der Waals surface area contributed by atoms with Crippen molar-refractivity contribution in [1.29, 1.82) is 0 Å². The summed E-state index contributed by atoms with van der Waals surface area (Å²) in [5.41, 5.74) is -0.174. The fraction of sp³-hybridized carbons (Fsp3) is 0.545. The molecule has 0 spiro atoms. The van der Waals surface area contributed by atoms with Gasteiger partial charge in [-0.25, -0.2) is 8.42 Å². The van der Waals surface area contributed by atoms with Crippen LogP contribution in [0, 0.1) is 0 Å². The van der Waals surface area contributed by atoms with Crippen molar-refractivity contribution in [2.45, 2.75) is 32.1 Å². The van der Waals surface area contributed by atoms with Crippen LogP contribution in [0.15, 0.2) is 29.2 Å². The lowest BCUT2D eigenvalue weighted by Crippen LogP contribution is -2.33. The molecule has 0 N–H and O–H groups in total. The number of aromatic nitrogens is 1. The minimum absolute atomic E-state index is 0.0135. The topological polar surface area (TPSA) is 56.1 Å². The van der Waals surface area contributed by atoms with Gasteiger partial charge in [0.1, 0.15) is 0 Å². The van der Waals surface area contributed by atoms with Crippen molar-refractivity contribution in [2.24, 2.45) is 0 Å². The fourth-order valence-electron chi connectivity index (χ4n) is 1.17. The van der Waals surface area contributed by atoms with E-state index in [-0.39, 0.29) is 17.9 Å². The summed E-state index contributed by atoms with van der Waals surface area (Å²) in [7, 11) is -3.17. The predicted octanol–water partition coefficient (Wildman–Crippen LogP) is 1.06. The van der Waals surface area contributed by atoms with Gasteiger partial charge in [-0.05, 0) is 26.8 Å². The van der Waals surface area contributed by atoms with Gasteiger partial charge in [0.2, 0.25) is 0 Å². The lowest BCUT2D eigenvalue weighted by atomic mass is 10.3. The SMILES string of the molecule is CC(C)(C)S(=O)(=O)CCn1ccccc1=O. The second-order valence-corrected chi connectivity index (χ2v) is 7.53. The van der Waals surface area contributed by atoms with E-state index in [1.165, 1.54) is 10.6 Å². The second kappa shape index (κ2) is 4.41. The van der Waals surface area contributed by atoms with Crippen molar-refractivity contribution in [3.8, 4) is 0 Å². The Morgan fingerprint density at radius 3 is 2.38 bits per heavy atom. The highest BCUT2D eigenvalue weighted by atomic mass is 32.2. The average molecular weight is 243 g/mol. The molecule has 90 valence electrons. The highest BCUT2D eigenvalue weighted by molar-refractivity contribution is 7.92. The van der Waals surface area contributed by atoms with Crippen molar-refractivity contribution < 1.29 is 8.42 Å². The molecule has 0 aromatic carbocycles. The van der Waals surface area contributed by atoms with Crippen LogP contribution in [-0.2, 0) is 16.4 Å². The normalized spacial score (nSPS) is 12.7. The molecule has 0 amide bonds. The summed E-state index contributed by atoms with van der Waals surface area (Å²) in [6.07, 6.45) is 1.60. The van der Waals surface area contributed by atoms with Gasteiger partial charge < -0.3 is 4.57 Å². The van der Waals surface area contributed by atoms with E-state index in [1.54, 1.807) is 39.1 Å². The molecular formula is C11H17NO3S. The third kappa shape index (κ3) is 2.95. The molecule has 0 radical (unpaired) electrons. The Kier molecular flexibility index (Phi) is 3.57. The third-order valence-corrected chi connectivity index (χ3v) is 5.02. The Morgan fingerprint density at radius 1 is 1.25 bits per heavy atom. The van der Waals surface area contributed by atoms with E-state index < -0.39 is 14.6 Å². The Morgan fingerprint density at radius 2 is 1.88 bits per heavy atom. The number of sulfone groups is 1. The summed E-state index contributed by atoms with van der Waals surface area (Å²) in [5.74, 6) is -0.0135. The average Bonchev–Trinajstić information content (AvgIpc) is 2.15. The quantitative estimate of drug-likeness (QED) is 0.797. The van der Waals surface area contributed by atoms with Crippen LogP contribution in [0.1, 0.15) is 20.8 Å². The van der Waals surface area contributed by atoms with Gasteiger partial charge in [0, 0.05) is 18.8 Å². The van der Waals surface area contributed by atoms with Crippen molar-refractivity contribution in [2.75, 3.05) is 5.75 Å². The zero-order chi connectivity index (χ0) is 12.4. The van der Waals surface area contributed by atoms with E-state index in [0.29, 0.717) is 0 Å². The highest BCUT2D eigenvalue weighted by Crippen LogP contribution is 2.15. The number of aryl methyl sites for hydroxylation is 1. The van der Waals surface area contributed by atoms with Gasteiger partial charge in [0.25, 0.3) is 5.56 Å². The van der Waals surface area contributed by atoms with Gasteiger partial charge in [-0.2, -0.15) is 0 Å². The Hall–Kier alpha value is -1.10. The van der Waals surface area contributed by atoms with Crippen molar-refractivity contribution in [3.63, 3.8) is 0 Å². The number of nitrogens with zero attached hydrogens (tertiary/aromatic N) is 1. The summed E-state index contributed by atoms with van der Waals surface area (Å²) in [6.45, 7) is 5.20. The summed E-state index contributed by atoms with van der Waals surface area (Å²) in [4.78, 5) is 11.4.